The van der Waals surface area contributed by atoms with E-state index in [0.717, 1.165) is 12.2 Å². The van der Waals surface area contributed by atoms with Gasteiger partial charge in [-0.3, -0.25) is 14.4 Å². The summed E-state index contributed by atoms with van der Waals surface area (Å²) in [6.45, 7) is 18.6. The van der Waals surface area contributed by atoms with Gasteiger partial charge in [0, 0.05) is 36.1 Å². The average Bonchev–Trinajstić information content (AvgIpc) is 3.49. The minimum Gasteiger partial charge on any atom is -0.494 e. The zero-order valence-electron chi connectivity index (χ0n) is 24.3. The number of amides is 3. The number of thioether (sulfide) groups is 1. The van der Waals surface area contributed by atoms with Crippen LogP contribution in [0, 0.1) is 17.8 Å². The Labute approximate surface area is 242 Å². The molecule has 0 saturated carbocycles. The van der Waals surface area contributed by atoms with Crippen molar-refractivity contribution in [2.24, 2.45) is 17.8 Å². The highest BCUT2D eigenvalue weighted by Gasteiger charge is 2.76. The number of aliphatic hydroxyl groups excluding tert-OH is 1. The van der Waals surface area contributed by atoms with E-state index in [-0.39, 0.29) is 42.0 Å². The molecule has 8 nitrogen and oxygen atoms in total. The van der Waals surface area contributed by atoms with E-state index in [9.17, 15) is 19.5 Å². The van der Waals surface area contributed by atoms with Crippen molar-refractivity contribution >= 4 is 35.2 Å². The van der Waals surface area contributed by atoms with Gasteiger partial charge in [0.1, 0.15) is 11.8 Å². The fraction of sp³-hybridized carbons (Fsp3) is 0.581. The fourth-order valence-electron chi connectivity index (χ4n) is 6.92. The summed E-state index contributed by atoms with van der Waals surface area (Å²) in [5.41, 5.74) is 0.209. The second kappa shape index (κ2) is 11.6. The van der Waals surface area contributed by atoms with Crippen molar-refractivity contribution in [1.29, 1.82) is 0 Å². The number of anilines is 1. The van der Waals surface area contributed by atoms with Crippen LogP contribution in [0.25, 0.3) is 0 Å². The Morgan fingerprint density at radius 3 is 2.38 bits per heavy atom. The Balaban J connectivity index is 1.76. The van der Waals surface area contributed by atoms with Crippen molar-refractivity contribution in [3.63, 3.8) is 0 Å². The van der Waals surface area contributed by atoms with Gasteiger partial charge in [0.05, 0.1) is 29.8 Å². The normalized spacial score (nSPS) is 28.8. The third-order valence-electron chi connectivity index (χ3n) is 8.53. The number of likely N-dealkylation sites (tertiary alicyclic amines) is 1. The number of rotatable bonds is 11. The molecule has 3 aliphatic heterocycles. The topological polar surface area (TPSA) is 90.4 Å². The second-order valence-corrected chi connectivity index (χ2v) is 13.4. The number of β-amino-alcohol motifs (C(OH)–C–C–N with tert-alkyl or cyclic N) is 1. The van der Waals surface area contributed by atoms with Crippen LogP contribution in [-0.4, -0.2) is 87.1 Å². The number of carbonyl (C=O) groups is 3. The number of aliphatic hydroxyl groups is 1. The monoisotopic (exact) mass is 569 g/mol. The van der Waals surface area contributed by atoms with E-state index >= 15 is 0 Å². The molecule has 40 heavy (non-hydrogen) atoms. The first-order chi connectivity index (χ1) is 19.0. The lowest BCUT2D eigenvalue weighted by molar-refractivity contribution is -0.145. The Kier molecular flexibility index (Phi) is 8.76. The summed E-state index contributed by atoms with van der Waals surface area (Å²) in [7, 11) is 0. The maximum absolute atomic E-state index is 14.4. The van der Waals surface area contributed by atoms with Gasteiger partial charge in [-0.25, -0.2) is 0 Å². The number of ether oxygens (including phenoxy) is 1. The largest absolute Gasteiger partial charge is 0.494 e. The third kappa shape index (κ3) is 4.85. The lowest BCUT2D eigenvalue weighted by Gasteiger charge is -2.44. The Morgan fingerprint density at radius 2 is 1.82 bits per heavy atom. The molecule has 2 bridgehead atoms. The smallest absolute Gasteiger partial charge is 0.247 e. The van der Waals surface area contributed by atoms with Crippen molar-refractivity contribution in [2.45, 2.75) is 62.6 Å². The van der Waals surface area contributed by atoms with Gasteiger partial charge in [-0.1, -0.05) is 19.1 Å². The first-order valence-corrected chi connectivity index (χ1v) is 15.0. The van der Waals surface area contributed by atoms with E-state index < -0.39 is 28.2 Å². The van der Waals surface area contributed by atoms with E-state index in [1.54, 1.807) is 38.6 Å². The highest BCUT2D eigenvalue weighted by molar-refractivity contribution is 8.02. The quantitative estimate of drug-likeness (QED) is 0.409. The van der Waals surface area contributed by atoms with Gasteiger partial charge in [-0.2, -0.15) is 0 Å². The molecule has 3 heterocycles. The lowest BCUT2D eigenvalue weighted by atomic mass is 9.65. The fourth-order valence-corrected chi connectivity index (χ4v) is 9.33. The summed E-state index contributed by atoms with van der Waals surface area (Å²) in [6.07, 6.45) is 4.12. The lowest BCUT2D eigenvalue weighted by Crippen LogP contribution is -2.60. The molecule has 0 aliphatic carbocycles. The van der Waals surface area contributed by atoms with E-state index in [0.29, 0.717) is 25.4 Å². The second-order valence-electron chi connectivity index (χ2n) is 11.9. The molecular weight excluding hydrogens is 526 g/mol. The number of hydrogen-bond acceptors (Lipinski definition) is 6. The average molecular weight is 570 g/mol. The molecule has 1 aromatic rings. The Bertz CT molecular complexity index is 1150. The predicted octanol–water partition coefficient (Wildman–Crippen LogP) is 3.75. The third-order valence-corrected chi connectivity index (χ3v) is 10.6. The van der Waals surface area contributed by atoms with E-state index in [2.05, 4.69) is 20.1 Å². The minimum absolute atomic E-state index is 0.0435. The molecule has 3 fully saturated rings. The Hall–Kier alpha value is -2.78. The highest BCUT2D eigenvalue weighted by atomic mass is 32.2. The van der Waals surface area contributed by atoms with Crippen molar-refractivity contribution in [3.8, 4) is 5.75 Å². The maximum atomic E-state index is 14.4. The van der Waals surface area contributed by atoms with Crippen molar-refractivity contribution < 1.29 is 24.2 Å². The summed E-state index contributed by atoms with van der Waals surface area (Å²) in [6, 6.07) is 6.60. The van der Waals surface area contributed by atoms with Crippen LogP contribution < -0.4 is 9.64 Å². The maximum Gasteiger partial charge on any atom is 0.247 e. The van der Waals surface area contributed by atoms with Crippen LogP contribution in [0.4, 0.5) is 5.69 Å². The molecule has 3 unspecified atom stereocenters. The molecule has 3 aliphatic rings. The summed E-state index contributed by atoms with van der Waals surface area (Å²) in [5, 5.41) is 9.86. The van der Waals surface area contributed by atoms with Crippen LogP contribution in [-0.2, 0) is 14.4 Å². The van der Waals surface area contributed by atoms with Gasteiger partial charge < -0.3 is 24.5 Å². The molecule has 4 rings (SSSR count). The van der Waals surface area contributed by atoms with E-state index in [4.69, 9.17) is 4.74 Å². The summed E-state index contributed by atoms with van der Waals surface area (Å²) >= 11 is 1.64. The molecular formula is C31H43N3O5S. The molecule has 0 aromatic heterocycles. The summed E-state index contributed by atoms with van der Waals surface area (Å²) in [5.74, 6) is -0.979. The van der Waals surface area contributed by atoms with Gasteiger partial charge in [0.15, 0.2) is 0 Å². The van der Waals surface area contributed by atoms with E-state index in [1.807, 2.05) is 52.0 Å². The van der Waals surface area contributed by atoms with Crippen molar-refractivity contribution in [3.05, 3.63) is 49.6 Å². The first-order valence-electron chi connectivity index (χ1n) is 14.1. The predicted molar refractivity (Wildman–Crippen MR) is 159 cm³/mol. The molecule has 9 heteroatoms. The first kappa shape index (κ1) is 30.2. The Morgan fingerprint density at radius 1 is 1.18 bits per heavy atom. The zero-order valence-corrected chi connectivity index (χ0v) is 25.2. The molecule has 3 saturated heterocycles. The van der Waals surface area contributed by atoms with Crippen molar-refractivity contribution in [1.82, 2.24) is 9.80 Å². The van der Waals surface area contributed by atoms with Gasteiger partial charge >= 0.3 is 0 Å². The van der Waals surface area contributed by atoms with Crippen LogP contribution in [0.5, 0.6) is 5.75 Å². The van der Waals surface area contributed by atoms with Crippen LogP contribution >= 0.6 is 11.8 Å². The minimum atomic E-state index is -0.766. The highest BCUT2D eigenvalue weighted by Crippen LogP contribution is 2.69. The van der Waals surface area contributed by atoms with Crippen molar-refractivity contribution in [2.75, 3.05) is 37.7 Å². The van der Waals surface area contributed by atoms with E-state index in [1.165, 1.54) is 0 Å². The zero-order chi connectivity index (χ0) is 29.4. The van der Waals surface area contributed by atoms with Gasteiger partial charge in [0.25, 0.3) is 0 Å². The van der Waals surface area contributed by atoms with Crippen LogP contribution in [0.1, 0.15) is 41.0 Å². The van der Waals surface area contributed by atoms with Gasteiger partial charge in [-0.05, 0) is 64.3 Å². The molecule has 1 spiro atoms. The van der Waals surface area contributed by atoms with Gasteiger partial charge in [0.2, 0.25) is 17.7 Å². The summed E-state index contributed by atoms with van der Waals surface area (Å²) in [4.78, 5) is 47.9. The van der Waals surface area contributed by atoms with Gasteiger partial charge in [-0.15, -0.1) is 24.9 Å². The number of carbonyl (C=O) groups excluding carboxylic acids is 3. The SMILES string of the molecule is C=CCN(C(=O)[C@@H]1[C@H]2C(=O)N(CCO)C(C(=O)N(CC=C)C(C)(C)C)C23S[C@@H]1CC3C)c1ccc(OCC)cc1. The molecule has 0 radical (unpaired) electrons. The number of fused-ring (bicyclic) bond motifs is 1. The van der Waals surface area contributed by atoms with Crippen LogP contribution in [0.3, 0.4) is 0 Å². The standard InChI is InChI=1S/C31H43N3O5S/c1-8-15-32(21-11-13-22(14-12-21)39-10-3)27(36)24-23-19-20(4)31(40-23)25(24)28(37)33(17-18-35)26(31)29(38)34(16-9-2)30(5,6)7/h8-9,11-14,20,23-26,35H,1-2,10,15-19H2,3-7H3/t20?,23-,24+,25+,26?,31?/m1/s1. The molecule has 218 valence electrons. The number of nitrogens with zero attached hydrogens (tertiary/aromatic N) is 3. The molecule has 1 aromatic carbocycles. The number of hydrogen-bond donors (Lipinski definition) is 1. The molecule has 1 N–H and O–H groups in total. The van der Waals surface area contributed by atoms with Crippen LogP contribution in [0.15, 0.2) is 49.6 Å². The molecule has 6 atom stereocenters. The van der Waals surface area contributed by atoms with Crippen LogP contribution in [0.2, 0.25) is 0 Å². The summed E-state index contributed by atoms with van der Waals surface area (Å²) < 4.78 is 4.82. The number of benzene rings is 1. The molecule has 3 amide bonds.